The second-order valence-electron chi connectivity index (χ2n) is 6.49. The van der Waals surface area contributed by atoms with Crippen LogP contribution >= 0.6 is 23.2 Å². The number of carbonyl (C=O) groups is 1. The Labute approximate surface area is 177 Å². The Morgan fingerprint density at radius 1 is 1.03 bits per heavy atom. The fourth-order valence-electron chi connectivity index (χ4n) is 3.02. The number of nitrogens with one attached hydrogen (secondary N) is 1. The number of anilines is 1. The van der Waals surface area contributed by atoms with Crippen LogP contribution in [0.2, 0.25) is 10.0 Å². The Bertz CT molecular complexity index is 1070. The fourth-order valence-corrected chi connectivity index (χ4v) is 5.24. The zero-order valence-corrected chi connectivity index (χ0v) is 17.4. The Morgan fingerprint density at radius 3 is 2.34 bits per heavy atom. The molecule has 29 heavy (non-hydrogen) atoms. The van der Waals surface area contributed by atoms with Crippen LogP contribution in [0.15, 0.2) is 41.3 Å². The van der Waals surface area contributed by atoms with E-state index in [2.05, 4.69) is 5.32 Å². The summed E-state index contributed by atoms with van der Waals surface area (Å²) in [6.07, 6.45) is 2.52. The first kappa shape index (κ1) is 21.5. The molecule has 0 radical (unpaired) electrons. The molecule has 2 aromatic carbocycles. The minimum atomic E-state index is -3.81. The highest BCUT2D eigenvalue weighted by atomic mass is 35.5. The van der Waals surface area contributed by atoms with Gasteiger partial charge in [0.05, 0.1) is 20.5 Å². The molecular formula is C18H17Cl2N3O5S. The molecule has 1 aliphatic heterocycles. The van der Waals surface area contributed by atoms with Crippen LogP contribution in [-0.2, 0) is 10.0 Å². The number of rotatable bonds is 5. The second kappa shape index (κ2) is 8.66. The van der Waals surface area contributed by atoms with E-state index in [0.717, 1.165) is 25.3 Å². The Morgan fingerprint density at radius 2 is 1.69 bits per heavy atom. The van der Waals surface area contributed by atoms with E-state index in [1.807, 2.05) is 0 Å². The van der Waals surface area contributed by atoms with E-state index in [1.165, 1.54) is 34.6 Å². The van der Waals surface area contributed by atoms with Gasteiger partial charge in [-0.2, -0.15) is 4.31 Å². The van der Waals surface area contributed by atoms with Crippen molar-refractivity contribution >= 4 is 50.5 Å². The van der Waals surface area contributed by atoms with Gasteiger partial charge >= 0.3 is 0 Å². The van der Waals surface area contributed by atoms with Gasteiger partial charge in [-0.1, -0.05) is 29.6 Å². The van der Waals surface area contributed by atoms with Gasteiger partial charge in [0.2, 0.25) is 10.0 Å². The predicted octanol–water partition coefficient (Wildman–Crippen LogP) is 4.33. The third-order valence-corrected chi connectivity index (χ3v) is 7.24. The van der Waals surface area contributed by atoms with Crippen LogP contribution < -0.4 is 5.32 Å². The average Bonchev–Trinajstić information content (AvgIpc) is 2.70. The highest BCUT2D eigenvalue weighted by Gasteiger charge is 2.28. The number of hydrogen-bond donors (Lipinski definition) is 1. The Hall–Kier alpha value is -2.20. The third-order valence-electron chi connectivity index (χ3n) is 4.53. The molecule has 0 aromatic heterocycles. The van der Waals surface area contributed by atoms with Crippen LogP contribution in [0.5, 0.6) is 0 Å². The van der Waals surface area contributed by atoms with Gasteiger partial charge < -0.3 is 5.32 Å². The lowest BCUT2D eigenvalue weighted by Crippen LogP contribution is -2.35. The number of carbonyl (C=O) groups excluding carboxylic acids is 1. The SMILES string of the molecule is O=C(Nc1ccc(Cl)c(S(=O)(=O)N2CCCCC2)c1)c1cc([N+](=O)[O-])ccc1Cl. The molecule has 8 nitrogen and oxygen atoms in total. The lowest BCUT2D eigenvalue weighted by atomic mass is 10.2. The summed E-state index contributed by atoms with van der Waals surface area (Å²) >= 11 is 12.1. The molecule has 154 valence electrons. The van der Waals surface area contributed by atoms with Crippen LogP contribution in [0.4, 0.5) is 11.4 Å². The van der Waals surface area contributed by atoms with E-state index < -0.39 is 20.9 Å². The molecule has 11 heteroatoms. The minimum Gasteiger partial charge on any atom is -0.322 e. The molecular weight excluding hydrogens is 441 g/mol. The molecule has 0 unspecified atom stereocenters. The third kappa shape index (κ3) is 4.69. The van der Waals surface area contributed by atoms with Crippen molar-refractivity contribution in [3.05, 3.63) is 62.1 Å². The minimum absolute atomic E-state index is 0.0308. The molecule has 2 aromatic rings. The lowest BCUT2D eigenvalue weighted by Gasteiger charge is -2.26. The standard InChI is InChI=1S/C18H17Cl2N3O5S/c19-15-7-5-13(23(25)26)11-14(15)18(24)21-12-4-6-16(20)17(10-12)29(27,28)22-8-2-1-3-9-22/h4-7,10-11H,1-3,8-9H2,(H,21,24). The molecule has 0 aliphatic carbocycles. The zero-order chi connectivity index (χ0) is 21.2. The van der Waals surface area contributed by atoms with Gasteiger partial charge in [0.1, 0.15) is 4.90 Å². The van der Waals surface area contributed by atoms with E-state index in [9.17, 15) is 23.3 Å². The molecule has 0 bridgehead atoms. The summed E-state index contributed by atoms with van der Waals surface area (Å²) in [7, 11) is -3.81. The van der Waals surface area contributed by atoms with E-state index in [0.29, 0.717) is 13.1 Å². The predicted molar refractivity (Wildman–Crippen MR) is 110 cm³/mol. The molecule has 0 spiro atoms. The van der Waals surface area contributed by atoms with Gasteiger partial charge in [-0.05, 0) is 37.1 Å². The number of nitrogens with zero attached hydrogens (tertiary/aromatic N) is 2. The summed E-state index contributed by atoms with van der Waals surface area (Å²) in [5.74, 6) is -0.706. The number of nitro benzene ring substituents is 1. The van der Waals surface area contributed by atoms with E-state index in [1.54, 1.807) is 0 Å². The second-order valence-corrected chi connectivity index (χ2v) is 9.21. The molecule has 1 saturated heterocycles. The van der Waals surface area contributed by atoms with Gasteiger partial charge in [0.25, 0.3) is 11.6 Å². The highest BCUT2D eigenvalue weighted by molar-refractivity contribution is 7.89. The van der Waals surface area contributed by atoms with Crippen molar-refractivity contribution in [1.82, 2.24) is 4.31 Å². The maximum atomic E-state index is 12.9. The topological polar surface area (TPSA) is 110 Å². The number of piperidine rings is 1. The highest BCUT2D eigenvalue weighted by Crippen LogP contribution is 2.30. The van der Waals surface area contributed by atoms with Gasteiger partial charge in [-0.25, -0.2) is 8.42 Å². The first-order valence-corrected chi connectivity index (χ1v) is 10.9. The van der Waals surface area contributed by atoms with E-state index >= 15 is 0 Å². The number of non-ortho nitro benzene ring substituents is 1. The number of amides is 1. The quantitative estimate of drug-likeness (QED) is 0.530. The summed E-state index contributed by atoms with van der Waals surface area (Å²) in [5.41, 5.74) is -0.210. The van der Waals surface area contributed by atoms with Crippen LogP contribution in [-0.4, -0.2) is 36.6 Å². The first-order valence-electron chi connectivity index (χ1n) is 8.75. The summed E-state index contributed by atoms with van der Waals surface area (Å²) in [4.78, 5) is 22.7. The van der Waals surface area contributed by atoms with Crippen LogP contribution in [0.1, 0.15) is 29.6 Å². The zero-order valence-electron chi connectivity index (χ0n) is 15.1. The van der Waals surface area contributed by atoms with Crippen molar-refractivity contribution in [3.8, 4) is 0 Å². The van der Waals surface area contributed by atoms with Crippen molar-refractivity contribution < 1.29 is 18.1 Å². The molecule has 0 atom stereocenters. The van der Waals surface area contributed by atoms with Crippen molar-refractivity contribution in [2.24, 2.45) is 0 Å². The average molecular weight is 458 g/mol. The monoisotopic (exact) mass is 457 g/mol. The normalized spacial score (nSPS) is 15.1. The van der Waals surface area contributed by atoms with Crippen LogP contribution in [0.3, 0.4) is 0 Å². The molecule has 0 saturated carbocycles. The smallest absolute Gasteiger partial charge is 0.270 e. The molecule has 1 aliphatic rings. The van der Waals surface area contributed by atoms with Gasteiger partial charge in [-0.3, -0.25) is 14.9 Å². The van der Waals surface area contributed by atoms with Crippen molar-refractivity contribution in [3.63, 3.8) is 0 Å². The molecule has 1 heterocycles. The van der Waals surface area contributed by atoms with Gasteiger partial charge in [0.15, 0.2) is 0 Å². The summed E-state index contributed by atoms with van der Waals surface area (Å²) in [5, 5.41) is 13.5. The summed E-state index contributed by atoms with van der Waals surface area (Å²) in [6, 6.07) is 7.59. The maximum Gasteiger partial charge on any atom is 0.270 e. The van der Waals surface area contributed by atoms with Crippen LogP contribution in [0.25, 0.3) is 0 Å². The molecule has 3 rings (SSSR count). The lowest BCUT2D eigenvalue weighted by molar-refractivity contribution is -0.384. The molecule has 1 amide bonds. The van der Waals surface area contributed by atoms with Gasteiger partial charge in [0, 0.05) is 30.9 Å². The number of hydrogen-bond acceptors (Lipinski definition) is 5. The maximum absolute atomic E-state index is 12.9. The van der Waals surface area contributed by atoms with Gasteiger partial charge in [-0.15, -0.1) is 0 Å². The number of sulfonamides is 1. The Balaban J connectivity index is 1.90. The summed E-state index contributed by atoms with van der Waals surface area (Å²) < 4.78 is 27.2. The largest absolute Gasteiger partial charge is 0.322 e. The molecule has 1 N–H and O–H groups in total. The summed E-state index contributed by atoms with van der Waals surface area (Å²) in [6.45, 7) is 0.830. The molecule has 1 fully saturated rings. The van der Waals surface area contributed by atoms with Crippen LogP contribution in [0, 0.1) is 10.1 Å². The van der Waals surface area contributed by atoms with E-state index in [4.69, 9.17) is 23.2 Å². The van der Waals surface area contributed by atoms with Crippen molar-refractivity contribution in [1.29, 1.82) is 0 Å². The number of benzene rings is 2. The number of nitro groups is 1. The first-order chi connectivity index (χ1) is 13.7. The Kier molecular flexibility index (Phi) is 6.42. The van der Waals surface area contributed by atoms with E-state index in [-0.39, 0.29) is 31.9 Å². The number of halogens is 2. The fraction of sp³-hybridized carbons (Fsp3) is 0.278. The van der Waals surface area contributed by atoms with Crippen molar-refractivity contribution in [2.45, 2.75) is 24.2 Å². The van der Waals surface area contributed by atoms with Crippen molar-refractivity contribution in [2.75, 3.05) is 18.4 Å².